The number of carbonyl (C=O) groups excluding carboxylic acids is 3. The number of aliphatic carboxylic acids is 1. The molecule has 2 aromatic heterocycles. The van der Waals surface area contributed by atoms with Gasteiger partial charge in [-0.05, 0) is 17.0 Å². The van der Waals surface area contributed by atoms with Crippen molar-refractivity contribution >= 4 is 58.7 Å². The van der Waals surface area contributed by atoms with Gasteiger partial charge in [0, 0.05) is 30.5 Å². The van der Waals surface area contributed by atoms with E-state index < -0.39 is 41.0 Å². The molecule has 2 unspecified atom stereocenters. The number of carboxylic acids is 1. The summed E-state index contributed by atoms with van der Waals surface area (Å²) in [6.45, 7) is 0. The van der Waals surface area contributed by atoms with E-state index in [9.17, 15) is 24.3 Å². The molecular weight excluding hydrogens is 518 g/mol. The molecule has 16 heteroatoms. The first-order valence-electron chi connectivity index (χ1n) is 10.0. The monoisotopic (exact) mass is 539 g/mol. The molecule has 0 saturated carbocycles. The van der Waals surface area contributed by atoms with Crippen LogP contribution in [0.15, 0.2) is 40.0 Å². The Morgan fingerprint density at radius 2 is 2.23 bits per heavy atom. The van der Waals surface area contributed by atoms with E-state index in [0.29, 0.717) is 21.2 Å². The molecule has 186 valence electrons. The first kappa shape index (κ1) is 25.0. The summed E-state index contributed by atoms with van der Waals surface area (Å²) < 4.78 is 5.47. The van der Waals surface area contributed by atoms with Gasteiger partial charge in [0.2, 0.25) is 0 Å². The molecular formula is C19H21N7O6S3. The van der Waals surface area contributed by atoms with Crippen molar-refractivity contribution in [3.05, 3.63) is 39.9 Å². The average molecular weight is 540 g/mol. The Morgan fingerprint density at radius 1 is 1.46 bits per heavy atom. The third-order valence-corrected chi connectivity index (χ3v) is 8.58. The smallest absolute Gasteiger partial charge is 0.352 e. The Hall–Kier alpha value is -3.08. The molecule has 35 heavy (non-hydrogen) atoms. The van der Waals surface area contributed by atoms with E-state index in [2.05, 4.69) is 20.8 Å². The summed E-state index contributed by atoms with van der Waals surface area (Å²) in [5, 5.41) is 24.5. The van der Waals surface area contributed by atoms with Crippen molar-refractivity contribution in [2.75, 3.05) is 18.6 Å². The number of nitrogens with one attached hydrogen (secondary N) is 2. The molecule has 0 aliphatic carbocycles. The maximum absolute atomic E-state index is 13.3. The highest BCUT2D eigenvalue weighted by atomic mass is 32.2. The van der Waals surface area contributed by atoms with E-state index in [1.807, 2.05) is 0 Å². The number of methoxy groups -OCH3 is 1. The number of nitrogens with zero attached hydrogens (tertiary/aromatic N) is 4. The topological polar surface area (TPSA) is 182 Å². The Kier molecular flexibility index (Phi) is 7.07. The highest BCUT2D eigenvalue weighted by molar-refractivity contribution is 8.01. The lowest BCUT2D eigenvalue weighted by molar-refractivity contribution is -0.192. The van der Waals surface area contributed by atoms with Crippen LogP contribution in [0.3, 0.4) is 0 Å². The van der Waals surface area contributed by atoms with Gasteiger partial charge in [0.1, 0.15) is 22.1 Å². The first-order chi connectivity index (χ1) is 16.7. The molecule has 2 aliphatic heterocycles. The Labute approximate surface area is 211 Å². The van der Waals surface area contributed by atoms with Crippen molar-refractivity contribution < 1.29 is 29.0 Å². The van der Waals surface area contributed by atoms with Crippen LogP contribution in [0.25, 0.3) is 0 Å². The molecule has 0 aromatic carbocycles. The number of hydrogen-bond acceptors (Lipinski definition) is 10. The van der Waals surface area contributed by atoms with E-state index in [4.69, 9.17) is 10.5 Å². The van der Waals surface area contributed by atoms with Crippen LogP contribution in [0.5, 0.6) is 0 Å². The van der Waals surface area contributed by atoms with Crippen molar-refractivity contribution in [3.63, 3.8) is 0 Å². The maximum atomic E-state index is 13.3. The second-order valence-corrected chi connectivity index (χ2v) is 10.5. The molecule has 13 nitrogen and oxygen atoms in total. The highest BCUT2D eigenvalue weighted by Gasteiger charge is 2.66. The number of fused-ring (bicyclic) bond motifs is 1. The average Bonchev–Trinajstić information content (AvgIpc) is 3.50. The van der Waals surface area contributed by atoms with Gasteiger partial charge >= 0.3 is 12.0 Å². The predicted octanol–water partition coefficient (Wildman–Crippen LogP) is 0.0910. The van der Waals surface area contributed by atoms with Crippen molar-refractivity contribution in [2.45, 2.75) is 22.2 Å². The molecule has 3 atom stereocenters. The third-order valence-electron chi connectivity index (χ3n) is 5.29. The lowest BCUT2D eigenvalue weighted by Gasteiger charge is -2.56. The summed E-state index contributed by atoms with van der Waals surface area (Å²) in [7, 11) is 2.92. The van der Waals surface area contributed by atoms with Crippen LogP contribution in [-0.2, 0) is 26.2 Å². The van der Waals surface area contributed by atoms with E-state index in [1.165, 1.54) is 46.8 Å². The summed E-state index contributed by atoms with van der Waals surface area (Å²) in [6.07, 6.45) is 1.56. The second-order valence-electron chi connectivity index (χ2n) is 7.44. The predicted molar refractivity (Wildman–Crippen MR) is 127 cm³/mol. The Morgan fingerprint density at radius 3 is 2.80 bits per heavy atom. The van der Waals surface area contributed by atoms with Crippen LogP contribution in [-0.4, -0.2) is 78.5 Å². The molecule has 2 aromatic rings. The molecule has 0 bridgehead atoms. The van der Waals surface area contributed by atoms with E-state index in [0.717, 1.165) is 4.90 Å². The second kappa shape index (κ2) is 9.88. The molecule has 0 spiro atoms. The maximum Gasteiger partial charge on any atom is 0.352 e. The number of thiophene rings is 1. The van der Waals surface area contributed by atoms with Crippen LogP contribution in [0.1, 0.15) is 10.9 Å². The van der Waals surface area contributed by atoms with Gasteiger partial charge < -0.3 is 26.2 Å². The van der Waals surface area contributed by atoms with Crippen LogP contribution in [0.2, 0.25) is 0 Å². The molecule has 4 amide bonds. The normalized spacial score (nSPS) is 22.3. The highest BCUT2D eigenvalue weighted by Crippen LogP contribution is 2.47. The van der Waals surface area contributed by atoms with Crippen LogP contribution >= 0.6 is 34.9 Å². The number of β-lactam (4-membered cyclic amide) rings is 1. The third kappa shape index (κ3) is 4.61. The number of carbonyl (C=O) groups is 4. The van der Waals surface area contributed by atoms with Gasteiger partial charge in [0.15, 0.2) is 0 Å². The summed E-state index contributed by atoms with van der Waals surface area (Å²) in [5.41, 5.74) is 3.81. The van der Waals surface area contributed by atoms with Crippen molar-refractivity contribution in [2.24, 2.45) is 12.8 Å². The van der Waals surface area contributed by atoms with Crippen LogP contribution in [0.4, 0.5) is 4.79 Å². The van der Waals surface area contributed by atoms with Gasteiger partial charge in [0.05, 0.1) is 6.20 Å². The number of ether oxygens (including phenoxy) is 1. The summed E-state index contributed by atoms with van der Waals surface area (Å²) in [4.78, 5) is 53.0. The Balaban J connectivity index is 1.56. The van der Waals surface area contributed by atoms with Crippen LogP contribution < -0.4 is 16.4 Å². The quantitative estimate of drug-likeness (QED) is 0.194. The van der Waals surface area contributed by atoms with E-state index >= 15 is 0 Å². The zero-order valence-electron chi connectivity index (χ0n) is 18.5. The molecule has 1 saturated heterocycles. The van der Waals surface area contributed by atoms with Gasteiger partial charge in [0.25, 0.3) is 17.5 Å². The molecule has 1 fully saturated rings. The summed E-state index contributed by atoms with van der Waals surface area (Å²) in [6, 6.07) is 1.27. The van der Waals surface area contributed by atoms with E-state index in [-0.39, 0.29) is 11.4 Å². The largest absolute Gasteiger partial charge is 0.477 e. The zero-order chi connectivity index (χ0) is 25.3. The minimum Gasteiger partial charge on any atom is -0.477 e. The first-order valence-corrected chi connectivity index (χ1v) is 13.0. The summed E-state index contributed by atoms with van der Waals surface area (Å²) in [5.74, 6) is -2.13. The van der Waals surface area contributed by atoms with Gasteiger partial charge in [-0.25, -0.2) is 9.59 Å². The van der Waals surface area contributed by atoms with Crippen molar-refractivity contribution in [1.82, 2.24) is 30.5 Å². The molecule has 0 radical (unpaired) electrons. The van der Waals surface area contributed by atoms with Crippen LogP contribution in [0, 0.1) is 0 Å². The van der Waals surface area contributed by atoms with Gasteiger partial charge in [-0.2, -0.15) is 9.90 Å². The number of hydrogen-bond donors (Lipinski definition) is 4. The van der Waals surface area contributed by atoms with Crippen molar-refractivity contribution in [3.8, 4) is 0 Å². The SMILES string of the molecule is CO[C@]1(NC(=O)C(NC(N)=O)c2cccs2)C(=O)N2C(C(=O)O)=C(CSc3cnn(C)n3)CSC21. The fourth-order valence-electron chi connectivity index (χ4n) is 3.73. The molecule has 4 rings (SSSR count). The Bertz CT molecular complexity index is 1200. The van der Waals surface area contributed by atoms with Crippen molar-refractivity contribution in [1.29, 1.82) is 0 Å². The lowest BCUT2D eigenvalue weighted by atomic mass is 9.97. The number of aryl methyl sites for hydroxylation is 1. The molecule has 2 aliphatic rings. The van der Waals surface area contributed by atoms with E-state index in [1.54, 1.807) is 30.8 Å². The number of nitrogens with two attached hydrogens (primary N) is 1. The minimum absolute atomic E-state index is 0.151. The zero-order valence-corrected chi connectivity index (χ0v) is 20.9. The van der Waals surface area contributed by atoms with Gasteiger partial charge in [-0.1, -0.05) is 17.8 Å². The number of thioether (sulfide) groups is 2. The van der Waals surface area contributed by atoms with Gasteiger partial charge in [-0.15, -0.1) is 28.2 Å². The fraction of sp³-hybridized carbons (Fsp3) is 0.368. The lowest BCUT2D eigenvalue weighted by Crippen LogP contribution is -2.81. The number of primary amides is 1. The number of amides is 4. The number of rotatable bonds is 9. The number of carboxylic acid groups (broad SMARTS) is 1. The number of aromatic nitrogens is 3. The fourth-order valence-corrected chi connectivity index (χ4v) is 6.93. The molecule has 4 heterocycles. The number of urea groups is 1. The van der Waals surface area contributed by atoms with Gasteiger partial charge in [-0.3, -0.25) is 14.5 Å². The standard InChI is InChI=1S/C19H21N7O6S3/c1-25-21-6-11(24-25)34-7-9-8-35-17-19(32-2,16(30)26(17)13(9)15(28)29)23-14(27)12(22-18(20)31)10-4-3-5-33-10/h3-6,12,17H,7-8H2,1-2H3,(H,23,27)(H,28,29)(H3,20,22,31)/t12?,17?,19-/m1/s1. The minimum atomic E-state index is -1.80. The summed E-state index contributed by atoms with van der Waals surface area (Å²) >= 11 is 3.79. The molecule has 5 N–H and O–H groups in total.